The van der Waals surface area contributed by atoms with Crippen LogP contribution in [0.3, 0.4) is 0 Å². The van der Waals surface area contributed by atoms with Gasteiger partial charge in [-0.25, -0.2) is 0 Å². The maximum atomic E-state index is 9.18. The highest BCUT2D eigenvalue weighted by Crippen LogP contribution is 2.19. The van der Waals surface area contributed by atoms with Crippen LogP contribution in [0.25, 0.3) is 0 Å². The van der Waals surface area contributed by atoms with Gasteiger partial charge in [0.25, 0.3) is 0 Å². The van der Waals surface area contributed by atoms with Crippen molar-refractivity contribution in [1.29, 1.82) is 0 Å². The van der Waals surface area contributed by atoms with Gasteiger partial charge in [-0.15, -0.1) is 0 Å². The smallest absolute Gasteiger partial charge is 0.0639 e. The van der Waals surface area contributed by atoms with Gasteiger partial charge in [-0.3, -0.25) is 4.90 Å². The number of likely N-dealkylation sites (tertiary alicyclic amines) is 1. The molecule has 0 spiro atoms. The molecule has 1 rings (SSSR count). The Kier molecular flexibility index (Phi) is 3.34. The second kappa shape index (κ2) is 4.07. The van der Waals surface area contributed by atoms with Crippen molar-refractivity contribution in [2.45, 2.75) is 45.3 Å². The molecule has 0 amide bonds. The van der Waals surface area contributed by atoms with E-state index in [-0.39, 0.29) is 6.10 Å². The number of hydrogen-bond donors (Lipinski definition) is 1. The summed E-state index contributed by atoms with van der Waals surface area (Å²) in [5.74, 6) is 0. The van der Waals surface area contributed by atoms with E-state index in [1.165, 1.54) is 25.8 Å². The van der Waals surface area contributed by atoms with Crippen molar-refractivity contribution < 1.29 is 5.11 Å². The fourth-order valence-corrected chi connectivity index (χ4v) is 1.94. The van der Waals surface area contributed by atoms with Gasteiger partial charge in [0.05, 0.1) is 6.10 Å². The van der Waals surface area contributed by atoms with Gasteiger partial charge in [0, 0.05) is 12.6 Å². The molecule has 1 aliphatic heterocycles. The van der Waals surface area contributed by atoms with Crippen molar-refractivity contribution in [3.63, 3.8) is 0 Å². The molecule has 0 radical (unpaired) electrons. The van der Waals surface area contributed by atoms with Gasteiger partial charge in [-0.2, -0.15) is 0 Å². The third-order valence-corrected chi connectivity index (χ3v) is 2.47. The van der Waals surface area contributed by atoms with Crippen molar-refractivity contribution in [1.82, 2.24) is 4.90 Å². The van der Waals surface area contributed by atoms with Crippen LogP contribution in [0, 0.1) is 0 Å². The largest absolute Gasteiger partial charge is 0.392 e. The average molecular weight is 157 g/mol. The Balaban J connectivity index is 2.31. The van der Waals surface area contributed by atoms with E-state index >= 15 is 0 Å². The third kappa shape index (κ3) is 2.46. The van der Waals surface area contributed by atoms with E-state index < -0.39 is 0 Å². The molecular formula is C9H19NO. The van der Waals surface area contributed by atoms with Crippen LogP contribution in [0.1, 0.15) is 33.1 Å². The molecule has 1 saturated heterocycles. The lowest BCUT2D eigenvalue weighted by Crippen LogP contribution is -2.34. The normalized spacial score (nSPS) is 29.2. The van der Waals surface area contributed by atoms with Gasteiger partial charge >= 0.3 is 0 Å². The highest BCUT2D eigenvalue weighted by molar-refractivity contribution is 4.78. The Hall–Kier alpha value is -0.0800. The summed E-state index contributed by atoms with van der Waals surface area (Å²) in [7, 11) is 0. The molecular weight excluding hydrogens is 138 g/mol. The predicted molar refractivity (Wildman–Crippen MR) is 46.6 cm³/mol. The van der Waals surface area contributed by atoms with E-state index in [1.54, 1.807) is 0 Å². The summed E-state index contributed by atoms with van der Waals surface area (Å²) in [5, 5.41) is 9.18. The van der Waals surface area contributed by atoms with Gasteiger partial charge in [0.2, 0.25) is 0 Å². The summed E-state index contributed by atoms with van der Waals surface area (Å²) in [6.45, 7) is 6.14. The number of rotatable bonds is 3. The van der Waals surface area contributed by atoms with Crippen LogP contribution in [0.2, 0.25) is 0 Å². The quantitative estimate of drug-likeness (QED) is 0.666. The van der Waals surface area contributed by atoms with E-state index in [2.05, 4.69) is 11.8 Å². The van der Waals surface area contributed by atoms with Crippen LogP contribution in [-0.4, -0.2) is 35.2 Å². The van der Waals surface area contributed by atoms with E-state index in [0.29, 0.717) is 0 Å². The Morgan fingerprint density at radius 2 is 2.36 bits per heavy atom. The minimum atomic E-state index is -0.165. The van der Waals surface area contributed by atoms with Crippen molar-refractivity contribution in [3.05, 3.63) is 0 Å². The highest BCUT2D eigenvalue weighted by atomic mass is 16.3. The first kappa shape index (κ1) is 9.01. The molecule has 1 N–H and O–H groups in total. The Morgan fingerprint density at radius 3 is 2.91 bits per heavy atom. The first-order valence-electron chi connectivity index (χ1n) is 4.66. The zero-order chi connectivity index (χ0) is 8.27. The lowest BCUT2D eigenvalue weighted by atomic mass is 10.1. The second-order valence-electron chi connectivity index (χ2n) is 3.55. The van der Waals surface area contributed by atoms with Crippen LogP contribution >= 0.6 is 0 Å². The fraction of sp³-hybridized carbons (Fsp3) is 1.00. The molecule has 1 aliphatic rings. The summed E-state index contributed by atoms with van der Waals surface area (Å²) < 4.78 is 0. The Labute approximate surface area is 69.2 Å². The summed E-state index contributed by atoms with van der Waals surface area (Å²) in [5.41, 5.74) is 0. The zero-order valence-corrected chi connectivity index (χ0v) is 7.58. The number of β-amino-alcohol motifs (C(OH)–C–C–N with tert-alkyl or cyclic N) is 1. The molecule has 0 saturated carbocycles. The summed E-state index contributed by atoms with van der Waals surface area (Å²) in [6, 6.07) is 0.740. The van der Waals surface area contributed by atoms with Crippen LogP contribution in [0.5, 0.6) is 0 Å². The molecule has 2 heteroatoms. The van der Waals surface area contributed by atoms with Gasteiger partial charge in [0.1, 0.15) is 0 Å². The summed E-state index contributed by atoms with van der Waals surface area (Å²) in [4.78, 5) is 2.41. The molecule has 66 valence electrons. The van der Waals surface area contributed by atoms with Crippen LogP contribution < -0.4 is 0 Å². The van der Waals surface area contributed by atoms with Crippen LogP contribution in [-0.2, 0) is 0 Å². The van der Waals surface area contributed by atoms with Crippen molar-refractivity contribution in [2.24, 2.45) is 0 Å². The number of hydrogen-bond acceptors (Lipinski definition) is 2. The Bertz CT molecular complexity index is 114. The van der Waals surface area contributed by atoms with E-state index in [1.807, 2.05) is 6.92 Å². The molecule has 0 bridgehead atoms. The summed E-state index contributed by atoms with van der Waals surface area (Å²) in [6.07, 6.45) is 3.70. The molecule has 0 aromatic carbocycles. The SMILES string of the molecule is CCC1CCCN1C[C@H](C)O. The van der Waals surface area contributed by atoms with Crippen LogP contribution in [0.15, 0.2) is 0 Å². The van der Waals surface area contributed by atoms with E-state index in [0.717, 1.165) is 12.6 Å². The van der Waals surface area contributed by atoms with Gasteiger partial charge < -0.3 is 5.11 Å². The van der Waals surface area contributed by atoms with Gasteiger partial charge in [0.15, 0.2) is 0 Å². The van der Waals surface area contributed by atoms with Crippen molar-refractivity contribution >= 4 is 0 Å². The zero-order valence-electron chi connectivity index (χ0n) is 7.58. The molecule has 0 aromatic rings. The number of aliphatic hydroxyl groups is 1. The lowest BCUT2D eigenvalue weighted by molar-refractivity contribution is 0.118. The van der Waals surface area contributed by atoms with E-state index in [9.17, 15) is 5.11 Å². The second-order valence-corrected chi connectivity index (χ2v) is 3.55. The third-order valence-electron chi connectivity index (χ3n) is 2.47. The molecule has 1 heterocycles. The molecule has 0 aliphatic carbocycles. The maximum Gasteiger partial charge on any atom is 0.0639 e. The molecule has 2 atom stereocenters. The fourth-order valence-electron chi connectivity index (χ4n) is 1.94. The monoisotopic (exact) mass is 157 g/mol. The van der Waals surface area contributed by atoms with Crippen LogP contribution in [0.4, 0.5) is 0 Å². The summed E-state index contributed by atoms with van der Waals surface area (Å²) >= 11 is 0. The maximum absolute atomic E-state index is 9.18. The molecule has 11 heavy (non-hydrogen) atoms. The van der Waals surface area contributed by atoms with E-state index in [4.69, 9.17) is 0 Å². The minimum absolute atomic E-state index is 0.165. The Morgan fingerprint density at radius 1 is 1.64 bits per heavy atom. The first-order chi connectivity index (χ1) is 5.24. The lowest BCUT2D eigenvalue weighted by Gasteiger charge is -2.24. The number of nitrogens with zero attached hydrogens (tertiary/aromatic N) is 1. The van der Waals surface area contributed by atoms with Crippen molar-refractivity contribution in [3.8, 4) is 0 Å². The molecule has 1 unspecified atom stereocenters. The predicted octanol–water partition coefficient (Wildman–Crippen LogP) is 1.24. The molecule has 2 nitrogen and oxygen atoms in total. The first-order valence-corrected chi connectivity index (χ1v) is 4.66. The molecule has 1 fully saturated rings. The number of aliphatic hydroxyl groups excluding tert-OH is 1. The minimum Gasteiger partial charge on any atom is -0.392 e. The topological polar surface area (TPSA) is 23.5 Å². The standard InChI is InChI=1S/C9H19NO/c1-3-9-5-4-6-10(9)7-8(2)11/h8-9,11H,3-7H2,1-2H3/t8-,9?/m0/s1. The van der Waals surface area contributed by atoms with Gasteiger partial charge in [-0.1, -0.05) is 6.92 Å². The van der Waals surface area contributed by atoms with Crippen molar-refractivity contribution in [2.75, 3.05) is 13.1 Å². The molecule has 0 aromatic heterocycles. The highest BCUT2D eigenvalue weighted by Gasteiger charge is 2.22. The van der Waals surface area contributed by atoms with Gasteiger partial charge in [-0.05, 0) is 32.7 Å². The average Bonchev–Trinajstić information content (AvgIpc) is 2.34.